The Kier molecular flexibility index (Phi) is 6.13. The highest BCUT2D eigenvalue weighted by Gasteiger charge is 2.28. The molecule has 1 aromatic carbocycles. The molecule has 0 saturated carbocycles. The van der Waals surface area contributed by atoms with Crippen LogP contribution in [0.3, 0.4) is 0 Å². The molecule has 0 radical (unpaired) electrons. The summed E-state index contributed by atoms with van der Waals surface area (Å²) in [6.07, 6.45) is 5.84. The molecule has 2 heterocycles. The molecule has 2 aliphatic rings. The second-order valence-electron chi connectivity index (χ2n) is 7.68. The van der Waals surface area contributed by atoms with Gasteiger partial charge in [-0.25, -0.2) is 9.78 Å². The first-order valence-corrected chi connectivity index (χ1v) is 11.3. The maximum Gasteiger partial charge on any atom is 0.409 e. The Labute approximate surface area is 175 Å². The number of aryl methyl sites for hydroxylation is 2. The summed E-state index contributed by atoms with van der Waals surface area (Å²) in [6, 6.07) is 6.61. The Morgan fingerprint density at radius 2 is 1.97 bits per heavy atom. The van der Waals surface area contributed by atoms with Gasteiger partial charge >= 0.3 is 6.09 Å². The number of hydrogen-bond acceptors (Lipinski definition) is 5. The molecule has 1 aliphatic heterocycles. The van der Waals surface area contributed by atoms with Gasteiger partial charge in [-0.15, -0.1) is 11.3 Å². The van der Waals surface area contributed by atoms with Crippen LogP contribution in [0.1, 0.15) is 43.7 Å². The molecule has 0 spiro atoms. The molecule has 154 valence electrons. The Morgan fingerprint density at radius 3 is 2.72 bits per heavy atom. The minimum absolute atomic E-state index is 0.0140. The lowest BCUT2D eigenvalue weighted by Crippen LogP contribution is -2.41. The number of anilines is 1. The van der Waals surface area contributed by atoms with Crippen LogP contribution in [0.5, 0.6) is 0 Å². The number of ether oxygens (including phenoxy) is 1. The fourth-order valence-corrected chi connectivity index (χ4v) is 4.83. The predicted molar refractivity (Wildman–Crippen MR) is 114 cm³/mol. The summed E-state index contributed by atoms with van der Waals surface area (Å²) >= 11 is 1.46. The molecule has 0 bridgehead atoms. The molecule has 0 unspecified atom stereocenters. The Balaban J connectivity index is 1.35. The van der Waals surface area contributed by atoms with Gasteiger partial charge in [-0.05, 0) is 62.6 Å². The van der Waals surface area contributed by atoms with Crippen molar-refractivity contribution in [3.63, 3.8) is 0 Å². The average Bonchev–Trinajstić information content (AvgIpc) is 3.22. The van der Waals surface area contributed by atoms with Crippen LogP contribution in [-0.2, 0) is 22.4 Å². The normalized spacial score (nSPS) is 16.9. The molecular formula is C22H27N3O3S. The molecule has 0 atom stereocenters. The summed E-state index contributed by atoms with van der Waals surface area (Å²) in [7, 11) is 0. The monoisotopic (exact) mass is 413 g/mol. The average molecular weight is 414 g/mol. The van der Waals surface area contributed by atoms with Crippen molar-refractivity contribution in [2.24, 2.45) is 5.92 Å². The Morgan fingerprint density at radius 1 is 1.21 bits per heavy atom. The molecule has 1 fully saturated rings. The maximum atomic E-state index is 12.6. The van der Waals surface area contributed by atoms with Gasteiger partial charge in [0.05, 0.1) is 12.3 Å². The standard InChI is InChI=1S/C22H27N3O3S/c1-2-28-22(27)25-11-9-16(10-12-25)20(26)24-21-23-19(14-29-21)18-8-7-15-5-3-4-6-17(15)13-18/h7-8,13-14,16H,2-6,9-12H2,1H3,(H,23,24,26). The van der Waals surface area contributed by atoms with Crippen molar-refractivity contribution in [2.45, 2.75) is 45.4 Å². The number of thiazole rings is 1. The number of hydrogen-bond donors (Lipinski definition) is 1. The molecule has 1 aliphatic carbocycles. The van der Waals surface area contributed by atoms with Crippen molar-refractivity contribution in [3.8, 4) is 11.3 Å². The van der Waals surface area contributed by atoms with E-state index in [0.29, 0.717) is 37.7 Å². The maximum absolute atomic E-state index is 12.6. The first-order chi connectivity index (χ1) is 14.1. The largest absolute Gasteiger partial charge is 0.450 e. The lowest BCUT2D eigenvalue weighted by Gasteiger charge is -2.30. The highest BCUT2D eigenvalue weighted by atomic mass is 32.1. The smallest absolute Gasteiger partial charge is 0.409 e. The van der Waals surface area contributed by atoms with E-state index in [0.717, 1.165) is 17.7 Å². The molecule has 7 heteroatoms. The Hall–Kier alpha value is -2.41. The number of piperidine rings is 1. The van der Waals surface area contributed by atoms with Crippen molar-refractivity contribution in [1.29, 1.82) is 0 Å². The van der Waals surface area contributed by atoms with Gasteiger partial charge in [0.2, 0.25) is 5.91 Å². The quantitative estimate of drug-likeness (QED) is 0.801. The number of rotatable bonds is 4. The molecule has 1 aromatic heterocycles. The number of carbonyl (C=O) groups excluding carboxylic acids is 2. The van der Waals surface area contributed by atoms with Crippen LogP contribution in [0.4, 0.5) is 9.93 Å². The molecule has 2 amide bonds. The van der Waals surface area contributed by atoms with Crippen molar-refractivity contribution < 1.29 is 14.3 Å². The van der Waals surface area contributed by atoms with E-state index < -0.39 is 0 Å². The van der Waals surface area contributed by atoms with Gasteiger partial charge in [0, 0.05) is 30.0 Å². The van der Waals surface area contributed by atoms with Gasteiger partial charge in [-0.2, -0.15) is 0 Å². The van der Waals surface area contributed by atoms with Crippen LogP contribution in [0, 0.1) is 5.92 Å². The van der Waals surface area contributed by atoms with Crippen LogP contribution in [0.15, 0.2) is 23.6 Å². The van der Waals surface area contributed by atoms with E-state index >= 15 is 0 Å². The topological polar surface area (TPSA) is 71.5 Å². The third-order valence-electron chi connectivity index (χ3n) is 5.77. The highest BCUT2D eigenvalue weighted by molar-refractivity contribution is 7.14. The van der Waals surface area contributed by atoms with Crippen molar-refractivity contribution >= 4 is 28.5 Å². The van der Waals surface area contributed by atoms with Gasteiger partial charge in [-0.1, -0.05) is 12.1 Å². The lowest BCUT2D eigenvalue weighted by molar-refractivity contribution is -0.121. The van der Waals surface area contributed by atoms with E-state index in [1.54, 1.807) is 11.8 Å². The van der Waals surface area contributed by atoms with E-state index in [1.165, 1.54) is 41.7 Å². The van der Waals surface area contributed by atoms with E-state index in [2.05, 4.69) is 28.5 Å². The summed E-state index contributed by atoms with van der Waals surface area (Å²) in [5.41, 5.74) is 4.92. The fraction of sp³-hybridized carbons (Fsp3) is 0.500. The molecule has 29 heavy (non-hydrogen) atoms. The van der Waals surface area contributed by atoms with Crippen LogP contribution in [-0.4, -0.2) is 41.6 Å². The molecule has 2 aromatic rings. The molecule has 4 rings (SSSR count). The van der Waals surface area contributed by atoms with Crippen LogP contribution >= 0.6 is 11.3 Å². The van der Waals surface area contributed by atoms with E-state index in [4.69, 9.17) is 4.74 Å². The Bertz CT molecular complexity index is 887. The predicted octanol–water partition coefficient (Wildman–Crippen LogP) is 4.50. The molecular weight excluding hydrogens is 386 g/mol. The number of carbonyl (C=O) groups is 2. The van der Waals surface area contributed by atoms with Crippen LogP contribution in [0.25, 0.3) is 11.3 Å². The van der Waals surface area contributed by atoms with E-state index in [-0.39, 0.29) is 17.9 Å². The minimum atomic E-state index is -0.291. The number of likely N-dealkylation sites (tertiary alicyclic amines) is 1. The van der Waals surface area contributed by atoms with Crippen molar-refractivity contribution in [3.05, 3.63) is 34.7 Å². The molecule has 1 N–H and O–H groups in total. The highest BCUT2D eigenvalue weighted by Crippen LogP contribution is 2.30. The lowest BCUT2D eigenvalue weighted by atomic mass is 9.90. The van der Waals surface area contributed by atoms with Gasteiger partial charge in [-0.3, -0.25) is 4.79 Å². The SMILES string of the molecule is CCOC(=O)N1CCC(C(=O)Nc2nc(-c3ccc4c(c3)CCCC4)cs2)CC1. The number of fused-ring (bicyclic) bond motifs is 1. The van der Waals surface area contributed by atoms with Crippen LogP contribution < -0.4 is 5.32 Å². The summed E-state index contributed by atoms with van der Waals surface area (Å²) in [4.78, 5) is 30.7. The molecule has 1 saturated heterocycles. The van der Waals surface area contributed by atoms with Gasteiger partial charge < -0.3 is 15.0 Å². The summed E-state index contributed by atoms with van der Waals surface area (Å²) in [5, 5.41) is 5.61. The van der Waals surface area contributed by atoms with Crippen molar-refractivity contribution in [2.75, 3.05) is 25.0 Å². The first-order valence-electron chi connectivity index (χ1n) is 10.4. The zero-order valence-corrected chi connectivity index (χ0v) is 17.6. The van der Waals surface area contributed by atoms with Gasteiger partial charge in [0.25, 0.3) is 0 Å². The second kappa shape index (κ2) is 8.95. The van der Waals surface area contributed by atoms with Gasteiger partial charge in [0.15, 0.2) is 5.13 Å². The number of benzene rings is 1. The minimum Gasteiger partial charge on any atom is -0.450 e. The summed E-state index contributed by atoms with van der Waals surface area (Å²) < 4.78 is 5.03. The van der Waals surface area contributed by atoms with E-state index in [1.807, 2.05) is 5.38 Å². The summed E-state index contributed by atoms with van der Waals surface area (Å²) in [5.74, 6) is -0.114. The van der Waals surface area contributed by atoms with E-state index in [9.17, 15) is 9.59 Å². The first kappa shape index (κ1) is 19.9. The fourth-order valence-electron chi connectivity index (χ4n) is 4.10. The number of nitrogens with zero attached hydrogens (tertiary/aromatic N) is 2. The van der Waals surface area contributed by atoms with Crippen molar-refractivity contribution in [1.82, 2.24) is 9.88 Å². The third-order valence-corrected chi connectivity index (χ3v) is 6.53. The molecule has 6 nitrogen and oxygen atoms in total. The van der Waals surface area contributed by atoms with Gasteiger partial charge in [0.1, 0.15) is 0 Å². The number of nitrogens with one attached hydrogen (secondary N) is 1. The zero-order chi connectivity index (χ0) is 20.2. The summed E-state index contributed by atoms with van der Waals surface area (Å²) in [6.45, 7) is 3.27. The zero-order valence-electron chi connectivity index (χ0n) is 16.8. The second-order valence-corrected chi connectivity index (χ2v) is 8.54. The van der Waals surface area contributed by atoms with Crippen LogP contribution in [0.2, 0.25) is 0 Å². The number of amides is 2. The third kappa shape index (κ3) is 4.61. The number of aromatic nitrogens is 1.